The molecule has 2 N–H and O–H groups in total. The van der Waals surface area contributed by atoms with Gasteiger partial charge in [0.05, 0.1) is 6.42 Å². The van der Waals surface area contributed by atoms with E-state index in [-0.39, 0.29) is 100 Å². The molecule has 2 aliphatic heterocycles. The number of likely N-dealkylation sites (tertiary alicyclic amines) is 1. The Hall–Kier alpha value is -0.600. The summed E-state index contributed by atoms with van der Waals surface area (Å²) in [5, 5.41) is 7.74. The van der Waals surface area contributed by atoms with Crippen molar-refractivity contribution in [3.8, 4) is 0 Å². The van der Waals surface area contributed by atoms with Crippen LogP contribution in [0.3, 0.4) is 0 Å². The van der Waals surface area contributed by atoms with Gasteiger partial charge in [-0.25, -0.2) is 4.79 Å². The molecule has 1 aliphatic carbocycles. The minimum Gasteiger partial charge on any atom is -1.00 e. The number of rotatable bonds is 5. The number of hydrogen-bond donors (Lipinski definition) is 2. The third-order valence-corrected chi connectivity index (χ3v) is 6.65. The van der Waals surface area contributed by atoms with Gasteiger partial charge in [0.1, 0.15) is 5.54 Å². The largest absolute Gasteiger partial charge is 1.00 e. The van der Waals surface area contributed by atoms with Crippen molar-refractivity contribution in [3.05, 3.63) is 12.2 Å². The number of imide groups is 2. The molecule has 1 atom stereocenters. The van der Waals surface area contributed by atoms with Gasteiger partial charge in [-0.2, -0.15) is 8.42 Å². The van der Waals surface area contributed by atoms with Gasteiger partial charge in [-0.15, -0.1) is 0 Å². The van der Waals surface area contributed by atoms with Crippen molar-refractivity contribution >= 4 is 39.7 Å². The maximum atomic E-state index is 12.4. The summed E-state index contributed by atoms with van der Waals surface area (Å²) in [6, 6.07) is 0. The van der Waals surface area contributed by atoms with E-state index < -0.39 is 56.9 Å². The van der Waals surface area contributed by atoms with Crippen molar-refractivity contribution in [1.29, 1.82) is 0 Å². The molecule has 14 heteroatoms. The van der Waals surface area contributed by atoms with E-state index in [1.807, 2.05) is 0 Å². The van der Waals surface area contributed by atoms with E-state index in [4.69, 9.17) is 4.55 Å². The van der Waals surface area contributed by atoms with Crippen molar-refractivity contribution in [2.75, 3.05) is 6.54 Å². The van der Waals surface area contributed by atoms with Crippen LogP contribution in [0, 0.1) is 5.92 Å². The predicted molar refractivity (Wildman–Crippen MR) is 92.2 cm³/mol. The number of carboxylic acids is 1. The third kappa shape index (κ3) is 4.90. The molecule has 156 valence electrons. The first-order valence-electron chi connectivity index (χ1n) is 8.57. The van der Waals surface area contributed by atoms with E-state index >= 15 is 0 Å². The molecule has 0 radical (unpaired) electrons. The van der Waals surface area contributed by atoms with Gasteiger partial charge in [-0.1, -0.05) is 0 Å². The Labute approximate surface area is 219 Å². The minimum absolute atomic E-state index is 0. The average Bonchev–Trinajstić information content (AvgIpc) is 3.08. The van der Waals surface area contributed by atoms with Crippen LogP contribution in [-0.4, -0.2) is 74.8 Å². The maximum Gasteiger partial charge on any atom is 1.00 e. The Balaban J connectivity index is 0. The Bertz CT molecular complexity index is 902. The van der Waals surface area contributed by atoms with Crippen LogP contribution in [0.5, 0.6) is 0 Å². The number of aliphatic carboxylic acids is 1. The fraction of sp³-hybridized carbons (Fsp3) is 0.562. The normalized spacial score (nSPS) is 29.1. The van der Waals surface area contributed by atoms with Gasteiger partial charge in [0.2, 0.25) is 5.91 Å². The fourth-order valence-corrected chi connectivity index (χ4v) is 4.74. The second-order valence-corrected chi connectivity index (χ2v) is 8.77. The molecular formula is C16H20N2Na2O9S. The molecule has 30 heavy (non-hydrogen) atoms. The molecule has 0 aromatic carbocycles. The summed E-state index contributed by atoms with van der Waals surface area (Å²) in [5.74, 6) is -4.80. The quantitative estimate of drug-likeness (QED) is 0.229. The van der Waals surface area contributed by atoms with E-state index in [2.05, 4.69) is 0 Å². The molecule has 1 unspecified atom stereocenters. The molecule has 4 amide bonds. The van der Waals surface area contributed by atoms with Gasteiger partial charge >= 0.3 is 65.1 Å². The zero-order valence-corrected chi connectivity index (χ0v) is 21.4. The summed E-state index contributed by atoms with van der Waals surface area (Å²) >= 11 is 0. The minimum atomic E-state index is -4.84. The zero-order chi connectivity index (χ0) is 20.9. The smallest absolute Gasteiger partial charge is 1.00 e. The summed E-state index contributed by atoms with van der Waals surface area (Å²) < 4.78 is 31.8. The van der Waals surface area contributed by atoms with E-state index in [1.54, 1.807) is 0 Å². The number of amides is 4. The van der Waals surface area contributed by atoms with Crippen LogP contribution in [0.15, 0.2) is 12.2 Å². The Morgan fingerprint density at radius 3 is 2.00 bits per heavy atom. The first-order chi connectivity index (χ1) is 13.0. The Morgan fingerprint density at radius 2 is 1.60 bits per heavy atom. The number of carbonyl (C=O) groups is 5. The summed E-state index contributed by atoms with van der Waals surface area (Å²) in [5.41, 5.74) is -1.92. The van der Waals surface area contributed by atoms with Gasteiger partial charge in [0.15, 0.2) is 5.25 Å². The molecule has 3 rings (SSSR count). The van der Waals surface area contributed by atoms with Crippen LogP contribution in [0.2, 0.25) is 0 Å². The topological polar surface area (TPSA) is 166 Å². The third-order valence-electron chi connectivity index (χ3n) is 5.56. The van der Waals surface area contributed by atoms with Gasteiger partial charge < -0.3 is 7.96 Å². The predicted octanol–water partition coefficient (Wildman–Crippen LogP) is -6.83. The average molecular weight is 462 g/mol. The summed E-state index contributed by atoms with van der Waals surface area (Å²) in [6.45, 7) is 0.0932. The molecule has 0 aromatic rings. The number of carbonyl (C=O) groups excluding carboxylic acids is 4. The Morgan fingerprint density at radius 1 is 1.10 bits per heavy atom. The molecule has 0 aromatic heterocycles. The molecular weight excluding hydrogens is 442 g/mol. The maximum absolute atomic E-state index is 12.4. The number of nitrogens with zero attached hydrogens (tertiary/aromatic N) is 2. The van der Waals surface area contributed by atoms with Crippen LogP contribution in [0.4, 0.5) is 0 Å². The van der Waals surface area contributed by atoms with Crippen molar-refractivity contribution in [2.45, 2.75) is 42.9 Å². The molecule has 0 spiro atoms. The van der Waals surface area contributed by atoms with Crippen molar-refractivity contribution in [1.82, 2.24) is 9.80 Å². The van der Waals surface area contributed by atoms with Crippen LogP contribution in [0.1, 0.15) is 35.0 Å². The molecule has 2 fully saturated rings. The van der Waals surface area contributed by atoms with Gasteiger partial charge in [-0.3, -0.25) is 33.5 Å². The van der Waals surface area contributed by atoms with Gasteiger partial charge in [0, 0.05) is 18.7 Å². The molecule has 1 saturated carbocycles. The second kappa shape index (κ2) is 9.90. The van der Waals surface area contributed by atoms with Crippen LogP contribution < -0.4 is 59.1 Å². The van der Waals surface area contributed by atoms with Crippen molar-refractivity contribution in [2.24, 2.45) is 5.92 Å². The van der Waals surface area contributed by atoms with Crippen LogP contribution in [0.25, 0.3) is 0 Å². The second-order valence-electron chi connectivity index (χ2n) is 7.18. The van der Waals surface area contributed by atoms with Crippen molar-refractivity contribution < 1.29 is 104 Å². The first-order valence-corrected chi connectivity index (χ1v) is 10.1. The Kier molecular flexibility index (Phi) is 9.06. The SMILES string of the molecule is O=C1C=CC(=O)N1CC1CCC(C(=O)O)(N2C(=O)CC(S(=O)(=O)O)C2=O)CC1.[H-].[H-].[Na+].[Na+]. The van der Waals surface area contributed by atoms with E-state index in [1.165, 1.54) is 0 Å². The number of hydrogen-bond acceptors (Lipinski definition) is 7. The first kappa shape index (κ1) is 27.4. The van der Waals surface area contributed by atoms with Gasteiger partial charge in [-0.05, 0) is 31.6 Å². The van der Waals surface area contributed by atoms with E-state index in [9.17, 15) is 37.5 Å². The molecule has 1 saturated heterocycles. The molecule has 0 bridgehead atoms. The molecule has 2 heterocycles. The van der Waals surface area contributed by atoms with Gasteiger partial charge in [0.25, 0.3) is 27.8 Å². The molecule has 3 aliphatic rings. The summed E-state index contributed by atoms with van der Waals surface area (Å²) in [7, 11) is -4.84. The van der Waals surface area contributed by atoms with E-state index in [0.29, 0.717) is 4.90 Å². The van der Waals surface area contributed by atoms with Crippen molar-refractivity contribution in [3.63, 3.8) is 0 Å². The fourth-order valence-electron chi connectivity index (χ4n) is 4.03. The van der Waals surface area contributed by atoms with Crippen LogP contribution in [-0.2, 0) is 34.1 Å². The number of carboxylic acid groups (broad SMARTS) is 1. The standard InChI is InChI=1S/C16H18N2O9S.2Na.2H/c19-11-1-2-12(20)17(11)8-9-3-5-16(6-4-9,15(23)24)18-13(21)7-10(14(18)22)28(25,26)27;;;;/h1-2,9-10H,3-8H2,(H,23,24)(H,25,26,27);;;;/q;2*+1;2*-1. The molecule has 11 nitrogen and oxygen atoms in total. The summed E-state index contributed by atoms with van der Waals surface area (Å²) in [6.07, 6.45) is 1.60. The van der Waals surface area contributed by atoms with E-state index in [0.717, 1.165) is 17.1 Å². The van der Waals surface area contributed by atoms with Crippen LogP contribution >= 0.6 is 0 Å². The zero-order valence-electron chi connectivity index (χ0n) is 18.6. The summed E-state index contributed by atoms with van der Waals surface area (Å²) in [4.78, 5) is 61.5. The monoisotopic (exact) mass is 462 g/mol.